The van der Waals surface area contributed by atoms with E-state index in [9.17, 15) is 9.59 Å². The molecule has 1 N–H and O–H groups in total. The third-order valence-corrected chi connectivity index (χ3v) is 8.47. The van der Waals surface area contributed by atoms with Gasteiger partial charge in [0.15, 0.2) is 0 Å². The highest BCUT2D eigenvalue weighted by Gasteiger charge is 2.23. The van der Waals surface area contributed by atoms with Gasteiger partial charge in [0.25, 0.3) is 5.56 Å². The van der Waals surface area contributed by atoms with Gasteiger partial charge in [0.05, 0.1) is 52.4 Å². The molecule has 4 aromatic rings. The molecule has 0 unspecified atom stereocenters. The van der Waals surface area contributed by atoms with E-state index in [0.717, 1.165) is 42.8 Å². The number of fused-ring (bicyclic) bond motifs is 1. The Labute approximate surface area is 260 Å². The van der Waals surface area contributed by atoms with Gasteiger partial charge in [-0.25, -0.2) is 0 Å². The minimum atomic E-state index is -0.294. The zero-order valence-electron chi connectivity index (χ0n) is 24.5. The molecule has 0 atom stereocenters. The fraction of sp³-hybridized carbons (Fsp3) is 0.281. The van der Waals surface area contributed by atoms with E-state index in [0.29, 0.717) is 46.1 Å². The number of carbonyl (C=O) groups excluding carboxylic acids is 1. The monoisotopic (exact) mass is 621 g/mol. The Bertz CT molecular complexity index is 1750. The van der Waals surface area contributed by atoms with E-state index in [2.05, 4.69) is 28.7 Å². The predicted molar refractivity (Wildman–Crippen MR) is 174 cm³/mol. The number of amides is 1. The molecule has 1 amide bonds. The number of anilines is 2. The van der Waals surface area contributed by atoms with E-state index in [1.807, 2.05) is 31.2 Å². The zero-order chi connectivity index (χ0) is 30.8. The summed E-state index contributed by atoms with van der Waals surface area (Å²) in [6.45, 7) is 9.44. The number of aromatic nitrogens is 2. The van der Waals surface area contributed by atoms with Gasteiger partial charge in [-0.1, -0.05) is 35.8 Å². The number of hydrogen-bond donors (Lipinski definition) is 1. The SMILES string of the molecule is C=CC(=O)Nc1cc(-c2cc3c(cn2)cc(-c2c(Cl)c(OC)cc(OC)c2Cl)c(=O)n3CC)ccc1N1CCN(C)CC1. The first-order valence-electron chi connectivity index (χ1n) is 13.9. The largest absolute Gasteiger partial charge is 0.495 e. The lowest BCUT2D eigenvalue weighted by Gasteiger charge is -2.35. The summed E-state index contributed by atoms with van der Waals surface area (Å²) in [5.74, 6) is 0.388. The van der Waals surface area contributed by atoms with Crippen molar-refractivity contribution in [1.82, 2.24) is 14.5 Å². The number of benzene rings is 2. The molecule has 1 aliphatic rings. The van der Waals surface area contributed by atoms with E-state index in [1.165, 1.54) is 20.3 Å². The maximum absolute atomic E-state index is 13.9. The number of carbonyl (C=O) groups is 1. The number of nitrogens with zero attached hydrogens (tertiary/aromatic N) is 4. The van der Waals surface area contributed by atoms with Crippen LogP contribution in [0.25, 0.3) is 33.3 Å². The van der Waals surface area contributed by atoms with E-state index >= 15 is 0 Å². The number of hydrogen-bond acceptors (Lipinski definition) is 7. The highest BCUT2D eigenvalue weighted by atomic mass is 35.5. The lowest BCUT2D eigenvalue weighted by molar-refractivity contribution is -0.111. The number of halogens is 2. The normalized spacial score (nSPS) is 13.7. The van der Waals surface area contributed by atoms with Gasteiger partial charge in [0.2, 0.25) is 5.91 Å². The summed E-state index contributed by atoms with van der Waals surface area (Å²) in [5, 5.41) is 4.12. The Kier molecular flexibility index (Phi) is 8.96. The number of nitrogens with one attached hydrogen (secondary N) is 1. The topological polar surface area (TPSA) is 88.9 Å². The van der Waals surface area contributed by atoms with Gasteiger partial charge in [-0.15, -0.1) is 0 Å². The van der Waals surface area contributed by atoms with Gasteiger partial charge in [-0.05, 0) is 44.3 Å². The van der Waals surface area contributed by atoms with Crippen LogP contribution in [-0.2, 0) is 11.3 Å². The van der Waals surface area contributed by atoms with Gasteiger partial charge in [-0.2, -0.15) is 0 Å². The summed E-state index contributed by atoms with van der Waals surface area (Å²) in [7, 11) is 5.07. The van der Waals surface area contributed by atoms with Crippen LogP contribution in [0.4, 0.5) is 11.4 Å². The number of ether oxygens (including phenoxy) is 2. The van der Waals surface area contributed by atoms with E-state index in [4.69, 9.17) is 37.7 Å². The third kappa shape index (κ3) is 5.80. The molecule has 0 bridgehead atoms. The molecule has 43 heavy (non-hydrogen) atoms. The average molecular weight is 623 g/mol. The van der Waals surface area contributed by atoms with Gasteiger partial charge >= 0.3 is 0 Å². The van der Waals surface area contributed by atoms with Crippen LogP contribution in [0.5, 0.6) is 11.5 Å². The second-order valence-corrected chi connectivity index (χ2v) is 11.0. The van der Waals surface area contributed by atoms with Crippen LogP contribution in [0.1, 0.15) is 6.92 Å². The van der Waals surface area contributed by atoms with Gasteiger partial charge in [-0.3, -0.25) is 14.6 Å². The first-order valence-corrected chi connectivity index (χ1v) is 14.6. The first kappa shape index (κ1) is 30.4. The highest BCUT2D eigenvalue weighted by molar-refractivity contribution is 6.41. The molecule has 0 spiro atoms. The van der Waals surface area contributed by atoms with Crippen molar-refractivity contribution in [2.45, 2.75) is 13.5 Å². The number of likely N-dealkylation sites (N-methyl/N-ethyl adjacent to an activating group) is 1. The van der Waals surface area contributed by atoms with Crippen LogP contribution in [0.3, 0.4) is 0 Å². The molecule has 9 nitrogen and oxygen atoms in total. The fourth-order valence-corrected chi connectivity index (χ4v) is 6.05. The average Bonchev–Trinajstić information content (AvgIpc) is 3.01. The standard InChI is InChI=1S/C32H33Cl2N5O4/c1-6-28(40)36-23-15-19(8-9-24(23)38-12-10-37(3)11-13-38)22-16-25-20(18-35-22)14-21(32(41)39(25)7-2)29-30(33)26(42-4)17-27(43-5)31(29)34/h6,8-9,14-18H,1,7,10-13H2,2-5H3,(H,36,40). The van der Waals surface area contributed by atoms with Crippen molar-refractivity contribution in [3.8, 4) is 33.9 Å². The van der Waals surface area contributed by atoms with Crippen molar-refractivity contribution in [3.05, 3.63) is 75.6 Å². The molecule has 0 aliphatic carbocycles. The minimum Gasteiger partial charge on any atom is -0.495 e. The summed E-state index contributed by atoms with van der Waals surface area (Å²) >= 11 is 13.3. The van der Waals surface area contributed by atoms with Crippen LogP contribution in [0.15, 0.2) is 60.0 Å². The fourth-order valence-electron chi connectivity index (χ4n) is 5.35. The van der Waals surface area contributed by atoms with Crippen molar-refractivity contribution < 1.29 is 14.3 Å². The van der Waals surface area contributed by atoms with Crippen LogP contribution in [0, 0.1) is 0 Å². The summed E-state index contributed by atoms with van der Waals surface area (Å²) in [4.78, 5) is 35.5. The molecule has 224 valence electrons. The summed E-state index contributed by atoms with van der Waals surface area (Å²) < 4.78 is 12.5. The van der Waals surface area contributed by atoms with Crippen molar-refractivity contribution in [2.75, 3.05) is 57.7 Å². The maximum Gasteiger partial charge on any atom is 0.259 e. The molecule has 0 saturated carbocycles. The molecule has 1 fully saturated rings. The van der Waals surface area contributed by atoms with Crippen LogP contribution in [-0.4, -0.2) is 67.8 Å². The quantitative estimate of drug-likeness (QED) is 0.243. The Morgan fingerprint density at radius 2 is 1.72 bits per heavy atom. The Morgan fingerprint density at radius 1 is 1.05 bits per heavy atom. The highest BCUT2D eigenvalue weighted by Crippen LogP contribution is 2.45. The van der Waals surface area contributed by atoms with Gasteiger partial charge in [0, 0.05) is 61.5 Å². The predicted octanol–water partition coefficient (Wildman–Crippen LogP) is 5.95. The Hall–Kier alpha value is -4.05. The lowest BCUT2D eigenvalue weighted by Crippen LogP contribution is -2.44. The number of pyridine rings is 2. The number of piperazine rings is 1. The van der Waals surface area contributed by atoms with Crippen molar-refractivity contribution in [3.63, 3.8) is 0 Å². The van der Waals surface area contributed by atoms with Crippen LogP contribution >= 0.6 is 23.2 Å². The molecule has 2 aromatic carbocycles. The molecular formula is C32H33Cl2N5O4. The second kappa shape index (κ2) is 12.7. The molecular weight excluding hydrogens is 589 g/mol. The number of methoxy groups -OCH3 is 2. The smallest absolute Gasteiger partial charge is 0.259 e. The summed E-state index contributed by atoms with van der Waals surface area (Å²) in [5.41, 5.74) is 4.13. The third-order valence-electron chi connectivity index (χ3n) is 7.72. The van der Waals surface area contributed by atoms with E-state index in [-0.39, 0.29) is 21.5 Å². The Morgan fingerprint density at radius 3 is 2.33 bits per heavy atom. The van der Waals surface area contributed by atoms with Gasteiger partial charge in [0.1, 0.15) is 11.5 Å². The summed E-state index contributed by atoms with van der Waals surface area (Å²) in [6.07, 6.45) is 2.97. The molecule has 3 heterocycles. The van der Waals surface area contributed by atoms with Crippen LogP contribution in [0.2, 0.25) is 10.0 Å². The van der Waals surface area contributed by atoms with E-state index < -0.39 is 0 Å². The zero-order valence-corrected chi connectivity index (χ0v) is 26.1. The second-order valence-electron chi connectivity index (χ2n) is 10.2. The lowest BCUT2D eigenvalue weighted by atomic mass is 10.0. The van der Waals surface area contributed by atoms with Crippen molar-refractivity contribution >= 4 is 51.4 Å². The van der Waals surface area contributed by atoms with Crippen molar-refractivity contribution in [1.29, 1.82) is 0 Å². The minimum absolute atomic E-state index is 0.214. The number of rotatable bonds is 8. The number of aryl methyl sites for hydroxylation is 1. The first-order chi connectivity index (χ1) is 20.7. The van der Waals surface area contributed by atoms with E-state index in [1.54, 1.807) is 22.9 Å². The Balaban J connectivity index is 1.63. The molecule has 5 rings (SSSR count). The van der Waals surface area contributed by atoms with Crippen molar-refractivity contribution in [2.24, 2.45) is 0 Å². The molecule has 0 radical (unpaired) electrons. The van der Waals surface area contributed by atoms with Gasteiger partial charge < -0.3 is 29.2 Å². The molecule has 1 saturated heterocycles. The van der Waals surface area contributed by atoms with Crippen LogP contribution < -0.4 is 25.2 Å². The molecule has 1 aliphatic heterocycles. The molecule has 11 heteroatoms. The summed E-state index contributed by atoms with van der Waals surface area (Å²) in [6, 6.07) is 11.1. The molecule has 2 aromatic heterocycles. The maximum atomic E-state index is 13.9.